The first kappa shape index (κ1) is 22.6. The van der Waals surface area contributed by atoms with Crippen LogP contribution in [-0.4, -0.2) is 23.6 Å². The third-order valence-electron chi connectivity index (χ3n) is 6.27. The van der Waals surface area contributed by atoms with Gasteiger partial charge in [-0.15, -0.1) is 24.0 Å². The van der Waals surface area contributed by atoms with Gasteiger partial charge in [0.2, 0.25) is 5.89 Å². The highest BCUT2D eigenvalue weighted by molar-refractivity contribution is 14.0. The van der Waals surface area contributed by atoms with Gasteiger partial charge in [0.1, 0.15) is 11.4 Å². The highest BCUT2D eigenvalue weighted by atomic mass is 127. The number of oxazole rings is 1. The minimum Gasteiger partial charge on any atom is -0.487 e. The normalized spacial score (nSPS) is 19.0. The number of guanidine groups is 1. The second-order valence-corrected chi connectivity index (χ2v) is 8.34. The number of nitrogens with zero attached hydrogens (tertiary/aromatic N) is 2. The number of ether oxygens (including phenoxy) is 1. The fourth-order valence-corrected chi connectivity index (χ4v) is 4.72. The zero-order valence-corrected chi connectivity index (χ0v) is 20.5. The number of nitrogens with one attached hydrogen (secondary N) is 2. The number of aromatic nitrogens is 1. The van der Waals surface area contributed by atoms with Crippen LogP contribution in [0.3, 0.4) is 0 Å². The largest absolute Gasteiger partial charge is 0.487 e. The number of benzene rings is 2. The Balaban J connectivity index is 0.00000245. The molecule has 1 aliphatic heterocycles. The number of para-hydroxylation sites is 1. The number of rotatable bonds is 4. The Bertz CT molecular complexity index is 1060. The molecule has 2 aromatic carbocycles. The molecule has 1 unspecified atom stereocenters. The lowest BCUT2D eigenvalue weighted by atomic mass is 9.86. The Hall–Kier alpha value is -2.55. The molecule has 0 amide bonds. The van der Waals surface area contributed by atoms with Gasteiger partial charge in [-0.1, -0.05) is 48.5 Å². The Kier molecular flexibility index (Phi) is 7.03. The fraction of sp³-hybridized carbons (Fsp3) is 0.360. The zero-order chi connectivity index (χ0) is 21.1. The number of hydrogen-bond donors (Lipinski definition) is 2. The Labute approximate surface area is 205 Å². The van der Waals surface area contributed by atoms with Crippen molar-refractivity contribution in [3.8, 4) is 17.1 Å². The molecule has 0 bridgehead atoms. The molecule has 1 aliphatic carbocycles. The fourth-order valence-electron chi connectivity index (χ4n) is 4.72. The molecule has 7 heteroatoms. The van der Waals surface area contributed by atoms with E-state index in [1.165, 1.54) is 18.4 Å². The van der Waals surface area contributed by atoms with Crippen molar-refractivity contribution >= 4 is 29.9 Å². The summed E-state index contributed by atoms with van der Waals surface area (Å²) >= 11 is 0. The van der Waals surface area contributed by atoms with Crippen molar-refractivity contribution in [2.75, 3.05) is 7.05 Å². The molecule has 2 heterocycles. The molecule has 3 aromatic rings. The molecule has 1 spiro atoms. The first-order valence-electron chi connectivity index (χ1n) is 11.0. The highest BCUT2D eigenvalue weighted by Gasteiger charge is 2.43. The van der Waals surface area contributed by atoms with Crippen LogP contribution in [0, 0.1) is 0 Å². The van der Waals surface area contributed by atoms with E-state index in [1.807, 2.05) is 36.4 Å². The van der Waals surface area contributed by atoms with Crippen LogP contribution < -0.4 is 15.4 Å². The van der Waals surface area contributed by atoms with Crippen LogP contribution in [0.2, 0.25) is 0 Å². The quantitative estimate of drug-likeness (QED) is 0.259. The maximum Gasteiger partial charge on any atom is 0.214 e. The van der Waals surface area contributed by atoms with Gasteiger partial charge >= 0.3 is 0 Å². The van der Waals surface area contributed by atoms with Crippen molar-refractivity contribution < 1.29 is 9.15 Å². The Morgan fingerprint density at radius 1 is 1.09 bits per heavy atom. The predicted molar refractivity (Wildman–Crippen MR) is 136 cm³/mol. The van der Waals surface area contributed by atoms with E-state index in [4.69, 9.17) is 9.15 Å². The molecule has 1 aromatic heterocycles. The van der Waals surface area contributed by atoms with Gasteiger partial charge in [-0.05, 0) is 31.7 Å². The van der Waals surface area contributed by atoms with Gasteiger partial charge in [-0.25, -0.2) is 4.98 Å². The van der Waals surface area contributed by atoms with Crippen LogP contribution in [0.5, 0.6) is 5.75 Å². The lowest BCUT2D eigenvalue weighted by molar-refractivity contribution is 0.0396. The van der Waals surface area contributed by atoms with Crippen LogP contribution >= 0.6 is 24.0 Å². The molecule has 168 valence electrons. The molecule has 1 atom stereocenters. The summed E-state index contributed by atoms with van der Waals surface area (Å²) in [7, 11) is 1.79. The number of fused-ring (bicyclic) bond motifs is 1. The minimum absolute atomic E-state index is 0. The Morgan fingerprint density at radius 3 is 2.62 bits per heavy atom. The predicted octanol–water partition coefficient (Wildman–Crippen LogP) is 5.46. The van der Waals surface area contributed by atoms with Crippen LogP contribution in [0.15, 0.2) is 70.2 Å². The monoisotopic (exact) mass is 544 g/mol. The molecule has 32 heavy (non-hydrogen) atoms. The molecule has 2 N–H and O–H groups in total. The van der Waals surface area contributed by atoms with E-state index >= 15 is 0 Å². The van der Waals surface area contributed by atoms with Crippen LogP contribution in [-0.2, 0) is 6.54 Å². The summed E-state index contributed by atoms with van der Waals surface area (Å²) in [4.78, 5) is 8.84. The maximum absolute atomic E-state index is 6.47. The zero-order valence-electron chi connectivity index (χ0n) is 18.2. The third kappa shape index (κ3) is 4.77. The van der Waals surface area contributed by atoms with Crippen LogP contribution in [0.25, 0.3) is 11.3 Å². The molecule has 2 aliphatic rings. The average Bonchev–Trinajstić information content (AvgIpc) is 3.47. The smallest absolute Gasteiger partial charge is 0.214 e. The molecule has 0 radical (unpaired) electrons. The maximum atomic E-state index is 6.47. The van der Waals surface area contributed by atoms with E-state index in [0.717, 1.165) is 42.3 Å². The summed E-state index contributed by atoms with van der Waals surface area (Å²) in [5.41, 5.74) is 2.15. The topological polar surface area (TPSA) is 71.7 Å². The van der Waals surface area contributed by atoms with Gasteiger partial charge in [0.25, 0.3) is 0 Å². The van der Waals surface area contributed by atoms with E-state index in [-0.39, 0.29) is 35.6 Å². The summed E-state index contributed by atoms with van der Waals surface area (Å²) in [6, 6.07) is 18.5. The summed E-state index contributed by atoms with van der Waals surface area (Å²) in [6.45, 7) is 0.461. The standard InChI is InChI=1S/C25H28N4O2.HI/c1-26-24(28-17-23-27-16-22(30-23)18-9-3-2-4-10-18)29-20-15-25(13-7-8-14-25)31-21-12-6-5-11-19(20)21;/h2-6,9-12,16,20H,7-8,13-15,17H2,1H3,(H2,26,28,29);1H. The van der Waals surface area contributed by atoms with E-state index in [2.05, 4.69) is 38.8 Å². The first-order valence-corrected chi connectivity index (χ1v) is 11.0. The lowest BCUT2D eigenvalue weighted by Crippen LogP contribution is -2.46. The lowest BCUT2D eigenvalue weighted by Gasteiger charge is -2.40. The molecule has 6 nitrogen and oxygen atoms in total. The van der Waals surface area contributed by atoms with E-state index in [0.29, 0.717) is 12.4 Å². The van der Waals surface area contributed by atoms with Crippen molar-refractivity contribution in [3.63, 3.8) is 0 Å². The van der Waals surface area contributed by atoms with Gasteiger partial charge in [-0.3, -0.25) is 4.99 Å². The summed E-state index contributed by atoms with van der Waals surface area (Å²) in [5.74, 6) is 3.11. The van der Waals surface area contributed by atoms with E-state index < -0.39 is 0 Å². The average molecular weight is 544 g/mol. The first-order chi connectivity index (χ1) is 15.2. The highest BCUT2D eigenvalue weighted by Crippen LogP contribution is 2.46. The number of aliphatic imine (C=N–C) groups is 1. The van der Waals surface area contributed by atoms with Crippen molar-refractivity contribution in [2.24, 2.45) is 4.99 Å². The van der Waals surface area contributed by atoms with E-state index in [1.54, 1.807) is 13.2 Å². The van der Waals surface area contributed by atoms with Gasteiger partial charge in [-0.2, -0.15) is 0 Å². The second-order valence-electron chi connectivity index (χ2n) is 8.34. The number of halogens is 1. The van der Waals surface area contributed by atoms with Gasteiger partial charge in [0.05, 0.1) is 18.8 Å². The van der Waals surface area contributed by atoms with Crippen LogP contribution in [0.4, 0.5) is 0 Å². The summed E-state index contributed by atoms with van der Waals surface area (Å²) < 4.78 is 12.4. The van der Waals surface area contributed by atoms with Crippen molar-refractivity contribution in [1.29, 1.82) is 0 Å². The van der Waals surface area contributed by atoms with Gasteiger partial charge < -0.3 is 19.8 Å². The van der Waals surface area contributed by atoms with Crippen molar-refractivity contribution in [3.05, 3.63) is 72.2 Å². The number of hydrogen-bond acceptors (Lipinski definition) is 4. The van der Waals surface area contributed by atoms with Crippen molar-refractivity contribution in [1.82, 2.24) is 15.6 Å². The second kappa shape index (κ2) is 9.94. The molecular formula is C25H29IN4O2. The van der Waals surface area contributed by atoms with Crippen LogP contribution in [0.1, 0.15) is 49.6 Å². The molecule has 1 saturated carbocycles. The molecule has 5 rings (SSSR count). The van der Waals surface area contributed by atoms with Crippen molar-refractivity contribution in [2.45, 2.75) is 50.3 Å². The Morgan fingerprint density at radius 2 is 1.84 bits per heavy atom. The van der Waals surface area contributed by atoms with Gasteiger partial charge in [0.15, 0.2) is 11.7 Å². The molecule has 0 saturated heterocycles. The van der Waals surface area contributed by atoms with E-state index in [9.17, 15) is 0 Å². The summed E-state index contributed by atoms with van der Waals surface area (Å²) in [6.07, 6.45) is 7.41. The molecule has 1 fully saturated rings. The molecular weight excluding hydrogens is 515 g/mol. The van der Waals surface area contributed by atoms with Gasteiger partial charge in [0, 0.05) is 24.6 Å². The minimum atomic E-state index is -0.0575. The third-order valence-corrected chi connectivity index (χ3v) is 6.27. The summed E-state index contributed by atoms with van der Waals surface area (Å²) in [5, 5.41) is 6.96. The SMILES string of the molecule is CN=C(NCc1ncc(-c2ccccc2)o1)NC1CC2(CCCC2)Oc2ccccc21.I.